The lowest BCUT2D eigenvalue weighted by Gasteiger charge is -2.09. The van der Waals surface area contributed by atoms with E-state index in [-0.39, 0.29) is 0 Å². The summed E-state index contributed by atoms with van der Waals surface area (Å²) in [6, 6.07) is 3.95. The maximum atomic E-state index is 8.98. The number of aryl methyl sites for hydroxylation is 2. The quantitative estimate of drug-likeness (QED) is 0.708. The number of hydrogen-bond acceptors (Lipinski definition) is 3. The first-order chi connectivity index (χ1) is 7.19. The average Bonchev–Trinajstić information content (AvgIpc) is 2.17. The van der Waals surface area contributed by atoms with Crippen LogP contribution in [0.2, 0.25) is 0 Å². The van der Waals surface area contributed by atoms with Gasteiger partial charge in [0, 0.05) is 11.8 Å². The van der Waals surface area contributed by atoms with Crippen LogP contribution in [0.15, 0.2) is 6.07 Å². The van der Waals surface area contributed by atoms with E-state index in [0.717, 1.165) is 24.2 Å². The van der Waals surface area contributed by atoms with Crippen molar-refractivity contribution in [2.75, 3.05) is 6.61 Å². The van der Waals surface area contributed by atoms with E-state index < -0.39 is 0 Å². The third-order valence-electron chi connectivity index (χ3n) is 2.16. The van der Waals surface area contributed by atoms with Crippen LogP contribution in [0.4, 0.5) is 0 Å². The van der Waals surface area contributed by atoms with Gasteiger partial charge in [-0.25, -0.2) is 0 Å². The number of unbranched alkanes of at least 4 members (excludes halogenated alkanes) is 1. The minimum atomic E-state index is 0.553. The van der Waals surface area contributed by atoms with Gasteiger partial charge in [0.2, 0.25) is 0 Å². The molecule has 0 fully saturated rings. The van der Waals surface area contributed by atoms with Gasteiger partial charge in [0.15, 0.2) is 0 Å². The number of aromatic nitrogens is 1. The SMILES string of the molecule is CCCCOc1cc(C)nc(C)c1C#N. The van der Waals surface area contributed by atoms with Crippen molar-refractivity contribution in [3.05, 3.63) is 23.0 Å². The highest BCUT2D eigenvalue weighted by atomic mass is 16.5. The topological polar surface area (TPSA) is 45.9 Å². The van der Waals surface area contributed by atoms with Crippen LogP contribution in [0.5, 0.6) is 5.75 Å². The molecule has 1 aromatic heterocycles. The molecule has 0 radical (unpaired) electrons. The lowest BCUT2D eigenvalue weighted by atomic mass is 10.2. The molecule has 0 unspecified atom stereocenters. The molecule has 1 aromatic rings. The summed E-state index contributed by atoms with van der Waals surface area (Å²) in [5, 5.41) is 8.98. The predicted molar refractivity (Wildman–Crippen MR) is 58.8 cm³/mol. The summed E-state index contributed by atoms with van der Waals surface area (Å²) in [5.74, 6) is 0.663. The molecule has 80 valence electrons. The normalized spacial score (nSPS) is 9.73. The van der Waals surface area contributed by atoms with E-state index in [1.54, 1.807) is 0 Å². The van der Waals surface area contributed by atoms with E-state index in [1.807, 2.05) is 19.9 Å². The molecular weight excluding hydrogens is 188 g/mol. The molecule has 0 atom stereocenters. The Morgan fingerprint density at radius 1 is 1.47 bits per heavy atom. The molecule has 0 aliphatic heterocycles. The summed E-state index contributed by atoms with van der Waals surface area (Å²) >= 11 is 0. The van der Waals surface area contributed by atoms with Crippen LogP contribution >= 0.6 is 0 Å². The van der Waals surface area contributed by atoms with Gasteiger partial charge in [-0.15, -0.1) is 0 Å². The number of ether oxygens (including phenoxy) is 1. The largest absolute Gasteiger partial charge is 0.492 e. The average molecular weight is 204 g/mol. The zero-order valence-corrected chi connectivity index (χ0v) is 9.50. The highest BCUT2D eigenvalue weighted by molar-refractivity contribution is 5.46. The van der Waals surface area contributed by atoms with Crippen LogP contribution in [0.1, 0.15) is 36.7 Å². The Balaban J connectivity index is 2.90. The summed E-state index contributed by atoms with van der Waals surface area (Å²) in [5.41, 5.74) is 2.18. The first-order valence-electron chi connectivity index (χ1n) is 5.20. The second-order valence-corrected chi connectivity index (χ2v) is 3.54. The van der Waals surface area contributed by atoms with Crippen molar-refractivity contribution in [1.29, 1.82) is 5.26 Å². The molecule has 0 amide bonds. The molecule has 0 aliphatic rings. The molecular formula is C12H16N2O. The van der Waals surface area contributed by atoms with Crippen LogP contribution in [-0.4, -0.2) is 11.6 Å². The van der Waals surface area contributed by atoms with Crippen molar-refractivity contribution in [3.63, 3.8) is 0 Å². The zero-order valence-electron chi connectivity index (χ0n) is 9.50. The Morgan fingerprint density at radius 3 is 2.80 bits per heavy atom. The lowest BCUT2D eigenvalue weighted by Crippen LogP contribution is -2.02. The van der Waals surface area contributed by atoms with Gasteiger partial charge in [-0.05, 0) is 20.3 Å². The molecule has 0 N–H and O–H groups in total. The van der Waals surface area contributed by atoms with Gasteiger partial charge in [-0.2, -0.15) is 5.26 Å². The van der Waals surface area contributed by atoms with Gasteiger partial charge in [-0.1, -0.05) is 13.3 Å². The van der Waals surface area contributed by atoms with Crippen molar-refractivity contribution in [1.82, 2.24) is 4.98 Å². The molecule has 0 aromatic carbocycles. The summed E-state index contributed by atoms with van der Waals surface area (Å²) in [4.78, 5) is 4.23. The fourth-order valence-corrected chi connectivity index (χ4v) is 1.37. The second-order valence-electron chi connectivity index (χ2n) is 3.54. The van der Waals surface area contributed by atoms with Gasteiger partial charge >= 0.3 is 0 Å². The molecule has 1 rings (SSSR count). The Kier molecular flexibility index (Phi) is 4.11. The van der Waals surface area contributed by atoms with Gasteiger partial charge < -0.3 is 4.74 Å². The first kappa shape index (κ1) is 11.5. The molecule has 15 heavy (non-hydrogen) atoms. The number of nitrogens with zero attached hydrogens (tertiary/aromatic N) is 2. The fourth-order valence-electron chi connectivity index (χ4n) is 1.37. The van der Waals surface area contributed by atoms with E-state index in [9.17, 15) is 0 Å². The monoisotopic (exact) mass is 204 g/mol. The summed E-state index contributed by atoms with van der Waals surface area (Å²) < 4.78 is 5.57. The molecule has 0 saturated carbocycles. The Morgan fingerprint density at radius 2 is 2.20 bits per heavy atom. The first-order valence-corrected chi connectivity index (χ1v) is 5.20. The molecule has 0 aliphatic carbocycles. The summed E-state index contributed by atoms with van der Waals surface area (Å²) in [6.07, 6.45) is 2.09. The maximum Gasteiger partial charge on any atom is 0.140 e. The third kappa shape index (κ3) is 2.95. The van der Waals surface area contributed by atoms with Crippen LogP contribution in [-0.2, 0) is 0 Å². The minimum Gasteiger partial charge on any atom is -0.492 e. The number of rotatable bonds is 4. The van der Waals surface area contributed by atoms with Crippen LogP contribution in [0, 0.1) is 25.2 Å². The van der Waals surface area contributed by atoms with Crippen LogP contribution in [0.25, 0.3) is 0 Å². The molecule has 3 heteroatoms. The van der Waals surface area contributed by atoms with Crippen molar-refractivity contribution in [2.45, 2.75) is 33.6 Å². The second kappa shape index (κ2) is 5.35. The van der Waals surface area contributed by atoms with E-state index in [2.05, 4.69) is 18.0 Å². The number of hydrogen-bond donors (Lipinski definition) is 0. The minimum absolute atomic E-state index is 0.553. The number of nitriles is 1. The smallest absolute Gasteiger partial charge is 0.140 e. The Labute approximate surface area is 90.7 Å². The maximum absolute atomic E-state index is 8.98. The summed E-state index contributed by atoms with van der Waals surface area (Å²) in [7, 11) is 0. The van der Waals surface area contributed by atoms with Gasteiger partial charge in [0.1, 0.15) is 17.4 Å². The van der Waals surface area contributed by atoms with Crippen molar-refractivity contribution in [3.8, 4) is 11.8 Å². The third-order valence-corrected chi connectivity index (χ3v) is 2.16. The van der Waals surface area contributed by atoms with E-state index >= 15 is 0 Å². The van der Waals surface area contributed by atoms with E-state index in [4.69, 9.17) is 10.00 Å². The zero-order chi connectivity index (χ0) is 11.3. The van der Waals surface area contributed by atoms with E-state index in [1.165, 1.54) is 0 Å². The van der Waals surface area contributed by atoms with Gasteiger partial charge in [0.05, 0.1) is 12.3 Å². The lowest BCUT2D eigenvalue weighted by molar-refractivity contribution is 0.307. The number of pyridine rings is 1. The van der Waals surface area contributed by atoms with Gasteiger partial charge in [0.25, 0.3) is 0 Å². The fraction of sp³-hybridized carbons (Fsp3) is 0.500. The van der Waals surface area contributed by atoms with Crippen LogP contribution in [0.3, 0.4) is 0 Å². The van der Waals surface area contributed by atoms with Crippen molar-refractivity contribution >= 4 is 0 Å². The standard InChI is InChI=1S/C12H16N2O/c1-4-5-6-15-12-7-9(2)14-10(3)11(12)8-13/h7H,4-6H2,1-3H3. The van der Waals surface area contributed by atoms with E-state index in [0.29, 0.717) is 17.9 Å². The Bertz CT molecular complexity index is 380. The highest BCUT2D eigenvalue weighted by Gasteiger charge is 2.08. The predicted octanol–water partition coefficient (Wildman–Crippen LogP) is 2.75. The van der Waals surface area contributed by atoms with Crippen LogP contribution < -0.4 is 4.74 Å². The molecule has 1 heterocycles. The molecule has 3 nitrogen and oxygen atoms in total. The van der Waals surface area contributed by atoms with Crippen molar-refractivity contribution < 1.29 is 4.74 Å². The molecule has 0 bridgehead atoms. The Hall–Kier alpha value is -1.56. The summed E-state index contributed by atoms with van der Waals surface area (Å²) in [6.45, 7) is 6.50. The van der Waals surface area contributed by atoms with Gasteiger partial charge in [-0.3, -0.25) is 4.98 Å². The highest BCUT2D eigenvalue weighted by Crippen LogP contribution is 2.21. The van der Waals surface area contributed by atoms with Crippen molar-refractivity contribution in [2.24, 2.45) is 0 Å². The molecule has 0 saturated heterocycles. The molecule has 0 spiro atoms.